The second-order valence-electron chi connectivity index (χ2n) is 4.38. The quantitative estimate of drug-likeness (QED) is 0.865. The van der Waals surface area contributed by atoms with Gasteiger partial charge in [-0.2, -0.15) is 0 Å². The maximum Gasteiger partial charge on any atom is 0.137 e. The molecule has 0 aliphatic carbocycles. The lowest BCUT2D eigenvalue weighted by molar-refractivity contribution is 0.111. The van der Waals surface area contributed by atoms with Crippen molar-refractivity contribution in [3.05, 3.63) is 28.8 Å². The van der Waals surface area contributed by atoms with Gasteiger partial charge in [0.1, 0.15) is 5.75 Å². The number of aliphatic hydroxyl groups is 1. The first-order valence-electron chi connectivity index (χ1n) is 6.15. The molecular weight excluding hydrogens is 252 g/mol. The molecule has 2 N–H and O–H groups in total. The van der Waals surface area contributed by atoms with Gasteiger partial charge in [0, 0.05) is 26.2 Å². The van der Waals surface area contributed by atoms with Crippen LogP contribution < -0.4 is 10.1 Å². The zero-order valence-corrected chi connectivity index (χ0v) is 11.3. The highest BCUT2D eigenvalue weighted by Gasteiger charge is 2.22. The van der Waals surface area contributed by atoms with E-state index in [0.717, 1.165) is 31.7 Å². The second kappa shape index (κ2) is 6.38. The van der Waals surface area contributed by atoms with Crippen LogP contribution in [0.5, 0.6) is 5.75 Å². The normalized spacial score (nSPS) is 18.6. The second-order valence-corrected chi connectivity index (χ2v) is 4.79. The molecule has 0 bridgehead atoms. The van der Waals surface area contributed by atoms with Crippen molar-refractivity contribution in [3.63, 3.8) is 0 Å². The smallest absolute Gasteiger partial charge is 0.137 e. The largest absolute Gasteiger partial charge is 0.495 e. The fourth-order valence-corrected chi connectivity index (χ4v) is 2.58. The Hall–Kier alpha value is -0.810. The van der Waals surface area contributed by atoms with E-state index in [9.17, 15) is 5.11 Å². The first-order valence-corrected chi connectivity index (χ1v) is 6.53. The van der Waals surface area contributed by atoms with Crippen molar-refractivity contribution in [3.8, 4) is 5.75 Å². The average Bonchev–Trinajstić information content (AvgIpc) is 2.41. The molecule has 1 unspecified atom stereocenters. The maximum absolute atomic E-state index is 9.61. The molecule has 0 amide bonds. The van der Waals surface area contributed by atoms with Gasteiger partial charge in [0.2, 0.25) is 0 Å². The Morgan fingerprint density at radius 3 is 2.72 bits per heavy atom. The first-order chi connectivity index (χ1) is 8.76. The van der Waals surface area contributed by atoms with Crippen molar-refractivity contribution in [2.75, 3.05) is 39.9 Å². The van der Waals surface area contributed by atoms with E-state index in [1.807, 2.05) is 18.2 Å². The van der Waals surface area contributed by atoms with Gasteiger partial charge in [0.25, 0.3) is 0 Å². The summed E-state index contributed by atoms with van der Waals surface area (Å²) in [5.41, 5.74) is 1.03. The lowest BCUT2D eigenvalue weighted by Crippen LogP contribution is -2.46. The van der Waals surface area contributed by atoms with Crippen LogP contribution in [0.25, 0.3) is 0 Å². The maximum atomic E-state index is 9.61. The van der Waals surface area contributed by atoms with Crippen molar-refractivity contribution in [1.29, 1.82) is 0 Å². The minimum Gasteiger partial charge on any atom is -0.495 e. The van der Waals surface area contributed by atoms with Gasteiger partial charge in [-0.15, -0.1) is 0 Å². The molecule has 2 rings (SSSR count). The predicted molar refractivity (Wildman–Crippen MR) is 72.3 cm³/mol. The van der Waals surface area contributed by atoms with E-state index in [-0.39, 0.29) is 12.6 Å². The number of rotatable bonds is 4. The Morgan fingerprint density at radius 1 is 1.44 bits per heavy atom. The summed E-state index contributed by atoms with van der Waals surface area (Å²) >= 11 is 6.13. The minimum absolute atomic E-state index is 0.00973. The van der Waals surface area contributed by atoms with Crippen LogP contribution in [0.1, 0.15) is 11.6 Å². The Bertz CT molecular complexity index is 395. The lowest BCUT2D eigenvalue weighted by Gasteiger charge is -2.34. The first kappa shape index (κ1) is 13.6. The summed E-state index contributed by atoms with van der Waals surface area (Å²) in [6.45, 7) is 3.90. The number of aliphatic hydroxyl groups excluding tert-OH is 1. The molecule has 1 heterocycles. The molecule has 5 heteroatoms. The Balaban J connectivity index is 2.18. The monoisotopic (exact) mass is 270 g/mol. The van der Waals surface area contributed by atoms with Crippen LogP contribution >= 0.6 is 11.6 Å². The molecule has 100 valence electrons. The van der Waals surface area contributed by atoms with Crippen LogP contribution in [0.3, 0.4) is 0 Å². The van der Waals surface area contributed by atoms with Crippen molar-refractivity contribution in [2.45, 2.75) is 6.04 Å². The SMILES string of the molecule is COc1ccc(C(CO)N2CCNCC2)cc1Cl. The number of methoxy groups -OCH3 is 1. The van der Waals surface area contributed by atoms with Gasteiger partial charge in [-0.1, -0.05) is 17.7 Å². The summed E-state index contributed by atoms with van der Waals surface area (Å²) in [5.74, 6) is 0.664. The summed E-state index contributed by atoms with van der Waals surface area (Å²) in [6.07, 6.45) is 0. The molecule has 1 aliphatic rings. The van der Waals surface area contributed by atoms with E-state index in [0.29, 0.717) is 10.8 Å². The standard InChI is InChI=1S/C13H19ClN2O2/c1-18-13-3-2-10(8-11(13)14)12(9-17)16-6-4-15-5-7-16/h2-3,8,12,15,17H,4-7,9H2,1H3. The van der Waals surface area contributed by atoms with Gasteiger partial charge in [-0.3, -0.25) is 4.90 Å². The van der Waals surface area contributed by atoms with E-state index in [4.69, 9.17) is 16.3 Å². The molecule has 1 fully saturated rings. The number of nitrogens with zero attached hydrogens (tertiary/aromatic N) is 1. The van der Waals surface area contributed by atoms with Crippen molar-refractivity contribution >= 4 is 11.6 Å². The fraction of sp³-hybridized carbons (Fsp3) is 0.538. The third-order valence-corrected chi connectivity index (χ3v) is 3.62. The molecule has 0 spiro atoms. The molecular formula is C13H19ClN2O2. The number of ether oxygens (including phenoxy) is 1. The highest BCUT2D eigenvalue weighted by molar-refractivity contribution is 6.32. The van der Waals surface area contributed by atoms with Crippen molar-refractivity contribution < 1.29 is 9.84 Å². The Kier molecular flexibility index (Phi) is 4.83. The van der Waals surface area contributed by atoms with Gasteiger partial charge in [-0.25, -0.2) is 0 Å². The molecule has 4 nitrogen and oxygen atoms in total. The van der Waals surface area contributed by atoms with Crippen LogP contribution in [-0.2, 0) is 0 Å². The van der Waals surface area contributed by atoms with Crippen molar-refractivity contribution in [2.24, 2.45) is 0 Å². The van der Waals surface area contributed by atoms with Crippen LogP contribution in [0.15, 0.2) is 18.2 Å². The van der Waals surface area contributed by atoms with Gasteiger partial charge in [0.15, 0.2) is 0 Å². The molecule has 1 aromatic carbocycles. The Labute approximate surface area is 113 Å². The van der Waals surface area contributed by atoms with E-state index < -0.39 is 0 Å². The topological polar surface area (TPSA) is 44.7 Å². The van der Waals surface area contributed by atoms with Gasteiger partial charge < -0.3 is 15.2 Å². The molecule has 1 atom stereocenters. The number of halogens is 1. The van der Waals surface area contributed by atoms with Crippen LogP contribution in [0.4, 0.5) is 0 Å². The van der Waals surface area contributed by atoms with Gasteiger partial charge in [-0.05, 0) is 17.7 Å². The number of piperazine rings is 1. The minimum atomic E-state index is 0.00973. The summed E-state index contributed by atoms with van der Waals surface area (Å²) < 4.78 is 5.14. The molecule has 18 heavy (non-hydrogen) atoms. The van der Waals surface area contributed by atoms with Gasteiger partial charge >= 0.3 is 0 Å². The van der Waals surface area contributed by atoms with E-state index in [1.165, 1.54) is 0 Å². The molecule has 1 aromatic rings. The van der Waals surface area contributed by atoms with E-state index in [1.54, 1.807) is 7.11 Å². The number of hydrogen-bond donors (Lipinski definition) is 2. The molecule has 0 saturated carbocycles. The predicted octanol–water partition coefficient (Wildman–Crippen LogP) is 1.29. The third-order valence-electron chi connectivity index (χ3n) is 3.33. The molecule has 1 aliphatic heterocycles. The lowest BCUT2D eigenvalue weighted by atomic mass is 10.0. The molecule has 1 saturated heterocycles. The zero-order valence-electron chi connectivity index (χ0n) is 10.5. The van der Waals surface area contributed by atoms with Crippen molar-refractivity contribution in [1.82, 2.24) is 10.2 Å². The van der Waals surface area contributed by atoms with Crippen LogP contribution in [0.2, 0.25) is 5.02 Å². The fourth-order valence-electron chi connectivity index (χ4n) is 2.32. The number of benzene rings is 1. The zero-order chi connectivity index (χ0) is 13.0. The summed E-state index contributed by atoms with van der Waals surface area (Å²) in [4.78, 5) is 2.27. The highest BCUT2D eigenvalue weighted by Crippen LogP contribution is 2.29. The third kappa shape index (κ3) is 2.95. The molecule has 0 radical (unpaired) electrons. The van der Waals surface area contributed by atoms with E-state index >= 15 is 0 Å². The van der Waals surface area contributed by atoms with Crippen LogP contribution in [-0.4, -0.2) is 49.9 Å². The summed E-state index contributed by atoms with van der Waals surface area (Å²) in [7, 11) is 1.60. The summed E-state index contributed by atoms with van der Waals surface area (Å²) in [6, 6.07) is 5.70. The number of nitrogens with one attached hydrogen (secondary N) is 1. The van der Waals surface area contributed by atoms with E-state index in [2.05, 4.69) is 10.2 Å². The number of hydrogen-bond acceptors (Lipinski definition) is 4. The highest BCUT2D eigenvalue weighted by atomic mass is 35.5. The summed E-state index contributed by atoms with van der Waals surface area (Å²) in [5, 5.41) is 13.5. The van der Waals surface area contributed by atoms with Crippen LogP contribution in [0, 0.1) is 0 Å². The Morgan fingerprint density at radius 2 is 2.17 bits per heavy atom. The van der Waals surface area contributed by atoms with Gasteiger partial charge in [0.05, 0.1) is 24.8 Å². The average molecular weight is 271 g/mol. The molecule has 0 aromatic heterocycles.